The zero-order valence-electron chi connectivity index (χ0n) is 17.3. The van der Waals surface area contributed by atoms with E-state index in [0.29, 0.717) is 34.3 Å². The second-order valence-corrected chi connectivity index (χ2v) is 7.11. The predicted octanol–water partition coefficient (Wildman–Crippen LogP) is 4.23. The number of fused-ring (bicyclic) bond motifs is 1. The van der Waals surface area contributed by atoms with Gasteiger partial charge in [-0.15, -0.1) is 0 Å². The van der Waals surface area contributed by atoms with Gasteiger partial charge < -0.3 is 19.6 Å². The normalized spacial score (nSPS) is 10.6. The lowest BCUT2D eigenvalue weighted by Crippen LogP contribution is -2.14. The molecule has 0 aliphatic carbocycles. The number of benzene rings is 3. The van der Waals surface area contributed by atoms with Crippen molar-refractivity contribution in [3.8, 4) is 16.9 Å². The number of aldehydes is 1. The van der Waals surface area contributed by atoms with Crippen molar-refractivity contribution in [2.75, 3.05) is 12.4 Å². The standard InChI is InChI=1S/C25H17NO7/c1-32-18-7-5-15(6-8-18)24(29)26-20-11-17(16-4-2-3-14(9-16)13-27)10-19-21(28)12-22(25(30)31)33-23(19)20/h2-13H,1H3,(H,26,29)(H,30,31). The summed E-state index contributed by atoms with van der Waals surface area (Å²) in [5, 5.41) is 12.1. The lowest BCUT2D eigenvalue weighted by atomic mass is 10.0. The third-order valence-corrected chi connectivity index (χ3v) is 5.00. The monoisotopic (exact) mass is 443 g/mol. The van der Waals surface area contributed by atoms with Crippen molar-refractivity contribution in [3.05, 3.63) is 93.8 Å². The number of ether oxygens (including phenoxy) is 1. The molecule has 0 bridgehead atoms. The Morgan fingerprint density at radius 2 is 1.76 bits per heavy atom. The van der Waals surface area contributed by atoms with E-state index >= 15 is 0 Å². The van der Waals surface area contributed by atoms with Crippen molar-refractivity contribution in [3.63, 3.8) is 0 Å². The number of carbonyl (C=O) groups excluding carboxylic acids is 2. The number of nitrogens with one attached hydrogen (secondary N) is 1. The van der Waals surface area contributed by atoms with Crippen LogP contribution in [0.3, 0.4) is 0 Å². The highest BCUT2D eigenvalue weighted by Crippen LogP contribution is 2.31. The van der Waals surface area contributed by atoms with Crippen LogP contribution in [0.1, 0.15) is 31.3 Å². The van der Waals surface area contributed by atoms with Crippen LogP contribution in [0.15, 0.2) is 75.9 Å². The van der Waals surface area contributed by atoms with Crippen LogP contribution in [0.2, 0.25) is 0 Å². The van der Waals surface area contributed by atoms with E-state index in [1.54, 1.807) is 54.6 Å². The molecular weight excluding hydrogens is 426 g/mol. The van der Waals surface area contributed by atoms with Crippen LogP contribution in [-0.4, -0.2) is 30.4 Å². The first-order valence-corrected chi connectivity index (χ1v) is 9.76. The van der Waals surface area contributed by atoms with Gasteiger partial charge in [0, 0.05) is 17.2 Å². The summed E-state index contributed by atoms with van der Waals surface area (Å²) in [5.74, 6) is -1.89. The number of carboxylic acid groups (broad SMARTS) is 1. The van der Waals surface area contributed by atoms with Crippen LogP contribution in [0.5, 0.6) is 5.75 Å². The maximum atomic E-state index is 12.9. The quantitative estimate of drug-likeness (QED) is 0.428. The number of amides is 1. The zero-order valence-corrected chi connectivity index (χ0v) is 17.3. The molecule has 8 nitrogen and oxygen atoms in total. The number of carbonyl (C=O) groups is 3. The van der Waals surface area contributed by atoms with Gasteiger partial charge in [0.25, 0.3) is 5.91 Å². The Morgan fingerprint density at radius 3 is 2.42 bits per heavy atom. The van der Waals surface area contributed by atoms with Crippen LogP contribution >= 0.6 is 0 Å². The number of aromatic carboxylic acids is 1. The largest absolute Gasteiger partial charge is 0.497 e. The molecule has 2 N–H and O–H groups in total. The first-order chi connectivity index (χ1) is 15.9. The maximum absolute atomic E-state index is 12.9. The molecule has 0 aliphatic heterocycles. The third-order valence-electron chi connectivity index (χ3n) is 5.00. The summed E-state index contributed by atoms with van der Waals surface area (Å²) < 4.78 is 10.5. The molecule has 0 atom stereocenters. The van der Waals surface area contributed by atoms with Gasteiger partial charge in [0.2, 0.25) is 5.76 Å². The Bertz CT molecular complexity index is 1450. The van der Waals surface area contributed by atoms with E-state index in [1.165, 1.54) is 13.2 Å². The van der Waals surface area contributed by atoms with Crippen LogP contribution in [-0.2, 0) is 0 Å². The van der Waals surface area contributed by atoms with Crippen molar-refractivity contribution in [2.24, 2.45) is 0 Å². The second kappa shape index (κ2) is 8.80. The molecule has 0 aliphatic rings. The summed E-state index contributed by atoms with van der Waals surface area (Å²) in [5.41, 5.74) is 1.37. The van der Waals surface area contributed by atoms with Crippen LogP contribution in [0.25, 0.3) is 22.1 Å². The van der Waals surface area contributed by atoms with E-state index in [0.717, 1.165) is 6.07 Å². The zero-order chi connectivity index (χ0) is 23.5. The Labute approximate surface area is 187 Å². The fraction of sp³-hybridized carbons (Fsp3) is 0.0400. The minimum Gasteiger partial charge on any atom is -0.497 e. The van der Waals surface area contributed by atoms with Gasteiger partial charge in [-0.1, -0.05) is 18.2 Å². The second-order valence-electron chi connectivity index (χ2n) is 7.11. The molecule has 4 rings (SSSR count). The SMILES string of the molecule is COc1ccc(C(=O)Nc2cc(-c3cccc(C=O)c3)cc3c(=O)cc(C(=O)O)oc23)cc1. The summed E-state index contributed by atoms with van der Waals surface area (Å²) in [6.07, 6.45) is 0.699. The topological polar surface area (TPSA) is 123 Å². The summed E-state index contributed by atoms with van der Waals surface area (Å²) in [6, 6.07) is 17.0. The smallest absolute Gasteiger partial charge is 0.371 e. The van der Waals surface area contributed by atoms with E-state index in [1.807, 2.05) is 0 Å². The first kappa shape index (κ1) is 21.5. The van der Waals surface area contributed by atoms with E-state index < -0.39 is 23.1 Å². The molecule has 164 valence electrons. The highest BCUT2D eigenvalue weighted by molar-refractivity contribution is 6.09. The van der Waals surface area contributed by atoms with Crippen molar-refractivity contribution in [1.29, 1.82) is 0 Å². The van der Waals surface area contributed by atoms with E-state index in [9.17, 15) is 24.3 Å². The Balaban J connectivity index is 1.88. The third kappa shape index (κ3) is 4.35. The van der Waals surface area contributed by atoms with Crippen molar-refractivity contribution < 1.29 is 28.6 Å². The van der Waals surface area contributed by atoms with Crippen LogP contribution in [0, 0.1) is 0 Å². The van der Waals surface area contributed by atoms with E-state index in [-0.39, 0.29) is 16.7 Å². The molecule has 0 saturated heterocycles. The molecule has 1 heterocycles. The van der Waals surface area contributed by atoms with Crippen molar-refractivity contribution >= 4 is 34.8 Å². The van der Waals surface area contributed by atoms with Crippen molar-refractivity contribution in [1.82, 2.24) is 0 Å². The molecule has 0 unspecified atom stereocenters. The van der Waals surface area contributed by atoms with Crippen molar-refractivity contribution in [2.45, 2.75) is 0 Å². The lowest BCUT2D eigenvalue weighted by molar-refractivity contribution is 0.0663. The Hall–Kier alpha value is -4.72. The van der Waals surface area contributed by atoms with Gasteiger partial charge in [0.05, 0.1) is 18.2 Å². The molecule has 1 amide bonds. The fourth-order valence-corrected chi connectivity index (χ4v) is 3.35. The molecule has 0 spiro atoms. The molecular formula is C25H17NO7. The first-order valence-electron chi connectivity index (χ1n) is 9.76. The molecule has 33 heavy (non-hydrogen) atoms. The number of methoxy groups -OCH3 is 1. The molecule has 8 heteroatoms. The van der Waals surface area contributed by atoms with E-state index in [4.69, 9.17) is 9.15 Å². The number of hydrogen-bond donors (Lipinski definition) is 2. The molecule has 3 aromatic carbocycles. The number of rotatable bonds is 6. The van der Waals surface area contributed by atoms with E-state index in [2.05, 4.69) is 5.32 Å². The molecule has 1 aromatic heterocycles. The van der Waals surface area contributed by atoms with Gasteiger partial charge in [-0.3, -0.25) is 14.4 Å². The predicted molar refractivity (Wildman–Crippen MR) is 121 cm³/mol. The van der Waals surface area contributed by atoms with Gasteiger partial charge in [-0.2, -0.15) is 0 Å². The minimum atomic E-state index is -1.41. The maximum Gasteiger partial charge on any atom is 0.371 e. The summed E-state index contributed by atoms with van der Waals surface area (Å²) in [4.78, 5) is 48.2. The number of hydrogen-bond acceptors (Lipinski definition) is 6. The number of anilines is 1. The van der Waals surface area contributed by atoms with Gasteiger partial charge >= 0.3 is 5.97 Å². The average Bonchev–Trinajstić information content (AvgIpc) is 2.84. The highest BCUT2D eigenvalue weighted by atomic mass is 16.5. The minimum absolute atomic E-state index is 0.0722. The average molecular weight is 443 g/mol. The molecule has 0 fully saturated rings. The lowest BCUT2D eigenvalue weighted by Gasteiger charge is -2.12. The summed E-state index contributed by atoms with van der Waals surface area (Å²) in [6.45, 7) is 0. The summed E-state index contributed by atoms with van der Waals surface area (Å²) >= 11 is 0. The fourth-order valence-electron chi connectivity index (χ4n) is 3.35. The molecule has 0 radical (unpaired) electrons. The van der Waals surface area contributed by atoms with Gasteiger partial charge in [0.15, 0.2) is 11.0 Å². The van der Waals surface area contributed by atoms with Gasteiger partial charge in [0.1, 0.15) is 12.0 Å². The summed E-state index contributed by atoms with van der Waals surface area (Å²) in [7, 11) is 1.51. The number of carboxylic acids is 1. The van der Waals surface area contributed by atoms with Crippen LogP contribution in [0.4, 0.5) is 5.69 Å². The highest BCUT2D eigenvalue weighted by Gasteiger charge is 2.18. The van der Waals surface area contributed by atoms with Gasteiger partial charge in [-0.25, -0.2) is 4.79 Å². The van der Waals surface area contributed by atoms with Gasteiger partial charge in [-0.05, 0) is 53.6 Å². The van der Waals surface area contributed by atoms with Crippen LogP contribution < -0.4 is 15.5 Å². The molecule has 0 saturated carbocycles. The Morgan fingerprint density at radius 1 is 1.00 bits per heavy atom. The Kier molecular flexibility index (Phi) is 5.73. The molecule has 4 aromatic rings.